The molecule has 0 aliphatic carbocycles. The predicted octanol–water partition coefficient (Wildman–Crippen LogP) is 2.39. The zero-order valence-corrected chi connectivity index (χ0v) is 16.1. The first-order chi connectivity index (χ1) is 12.6. The van der Waals surface area contributed by atoms with Gasteiger partial charge in [-0.15, -0.1) is 11.8 Å². The molecule has 7 nitrogen and oxygen atoms in total. The van der Waals surface area contributed by atoms with Crippen molar-refractivity contribution < 1.29 is 14.3 Å². The fourth-order valence-electron chi connectivity index (χ4n) is 2.84. The highest BCUT2D eigenvalue weighted by Crippen LogP contribution is 2.22. The Hall–Kier alpha value is -1.77. The molecule has 142 valence electrons. The molecule has 1 fully saturated rings. The van der Waals surface area contributed by atoms with Crippen molar-refractivity contribution in [3.05, 3.63) is 30.1 Å². The van der Waals surface area contributed by atoms with E-state index in [-0.39, 0.29) is 12.2 Å². The van der Waals surface area contributed by atoms with E-state index in [0.717, 1.165) is 49.3 Å². The summed E-state index contributed by atoms with van der Waals surface area (Å²) >= 11 is 1.70. The predicted molar refractivity (Wildman–Crippen MR) is 102 cm³/mol. The van der Waals surface area contributed by atoms with Crippen LogP contribution in [0, 0.1) is 0 Å². The van der Waals surface area contributed by atoms with Gasteiger partial charge < -0.3 is 14.8 Å². The van der Waals surface area contributed by atoms with E-state index in [9.17, 15) is 4.79 Å². The molecule has 1 aliphatic rings. The van der Waals surface area contributed by atoms with Crippen molar-refractivity contribution in [2.24, 2.45) is 0 Å². The average molecular weight is 378 g/mol. The lowest BCUT2D eigenvalue weighted by Crippen LogP contribution is -2.36. The first-order valence-electron chi connectivity index (χ1n) is 8.96. The Morgan fingerprint density at radius 3 is 2.96 bits per heavy atom. The summed E-state index contributed by atoms with van der Waals surface area (Å²) in [5.74, 6) is 0.765. The van der Waals surface area contributed by atoms with Gasteiger partial charge in [0.2, 0.25) is 0 Å². The summed E-state index contributed by atoms with van der Waals surface area (Å²) < 4.78 is 12.7. The number of carbonyl (C=O) groups is 1. The van der Waals surface area contributed by atoms with Crippen LogP contribution in [0.2, 0.25) is 0 Å². The molecule has 3 heterocycles. The zero-order chi connectivity index (χ0) is 18.4. The van der Waals surface area contributed by atoms with Crippen molar-refractivity contribution in [1.29, 1.82) is 0 Å². The minimum absolute atomic E-state index is 0.106. The molecule has 1 saturated heterocycles. The number of thioether (sulfide) groups is 1. The molecule has 2 aromatic rings. The lowest BCUT2D eigenvalue weighted by Gasteiger charge is -2.26. The Bertz CT molecular complexity index is 728. The van der Waals surface area contributed by atoms with Crippen molar-refractivity contribution in [2.75, 3.05) is 38.6 Å². The standard InChI is InChI=1S/C18H26N4O3S/c1-14(2)25-18(23)19-6-11-26-17-5-3-4-16-20-12-15(22(16)17)13-21-7-9-24-10-8-21/h3-5,12,14H,6-11,13H2,1-2H3,(H,19,23). The molecule has 0 unspecified atom stereocenters. The minimum atomic E-state index is -0.366. The summed E-state index contributed by atoms with van der Waals surface area (Å²) in [5.41, 5.74) is 2.13. The number of aromatic nitrogens is 2. The van der Waals surface area contributed by atoms with Crippen LogP contribution in [0.15, 0.2) is 29.4 Å². The molecule has 8 heteroatoms. The van der Waals surface area contributed by atoms with E-state index in [2.05, 4.69) is 25.7 Å². The summed E-state index contributed by atoms with van der Waals surface area (Å²) in [7, 11) is 0. The van der Waals surface area contributed by atoms with Crippen LogP contribution in [0.25, 0.3) is 5.65 Å². The highest BCUT2D eigenvalue weighted by Gasteiger charge is 2.15. The van der Waals surface area contributed by atoms with E-state index >= 15 is 0 Å². The molecule has 1 amide bonds. The molecule has 3 rings (SSSR count). The summed E-state index contributed by atoms with van der Waals surface area (Å²) in [4.78, 5) is 18.5. The number of hydrogen-bond donors (Lipinski definition) is 1. The van der Waals surface area contributed by atoms with Crippen molar-refractivity contribution in [3.8, 4) is 0 Å². The number of amides is 1. The van der Waals surface area contributed by atoms with Gasteiger partial charge in [-0.3, -0.25) is 9.30 Å². The monoisotopic (exact) mass is 378 g/mol. The fourth-order valence-corrected chi connectivity index (χ4v) is 3.77. The Balaban J connectivity index is 1.60. The molecule has 0 radical (unpaired) electrons. The van der Waals surface area contributed by atoms with Crippen molar-refractivity contribution in [3.63, 3.8) is 0 Å². The van der Waals surface area contributed by atoms with E-state index in [4.69, 9.17) is 9.47 Å². The van der Waals surface area contributed by atoms with Crippen LogP contribution in [-0.4, -0.2) is 65.1 Å². The van der Waals surface area contributed by atoms with Crippen LogP contribution in [0.1, 0.15) is 19.5 Å². The number of morpholine rings is 1. The maximum atomic E-state index is 11.5. The van der Waals surface area contributed by atoms with Crippen molar-refractivity contribution in [2.45, 2.75) is 31.5 Å². The normalized spacial score (nSPS) is 15.5. The van der Waals surface area contributed by atoms with Crippen LogP contribution < -0.4 is 5.32 Å². The Labute approximate surface area is 158 Å². The maximum Gasteiger partial charge on any atom is 0.407 e. The number of alkyl carbamates (subject to hydrolysis) is 1. The van der Waals surface area contributed by atoms with Gasteiger partial charge in [-0.1, -0.05) is 6.07 Å². The number of rotatable bonds is 7. The Morgan fingerprint density at radius 1 is 1.38 bits per heavy atom. The molecular formula is C18H26N4O3S. The molecular weight excluding hydrogens is 352 g/mol. The number of fused-ring (bicyclic) bond motifs is 1. The van der Waals surface area contributed by atoms with Gasteiger partial charge in [0.15, 0.2) is 0 Å². The number of nitrogens with zero attached hydrogens (tertiary/aromatic N) is 3. The van der Waals surface area contributed by atoms with Crippen LogP contribution in [0.5, 0.6) is 0 Å². The highest BCUT2D eigenvalue weighted by atomic mass is 32.2. The fraction of sp³-hybridized carbons (Fsp3) is 0.556. The molecule has 0 aromatic carbocycles. The lowest BCUT2D eigenvalue weighted by atomic mass is 10.3. The molecule has 0 atom stereocenters. The number of nitrogens with one attached hydrogen (secondary N) is 1. The number of imidazole rings is 1. The van der Waals surface area contributed by atoms with Gasteiger partial charge in [0.1, 0.15) is 5.65 Å². The summed E-state index contributed by atoms with van der Waals surface area (Å²) in [6.07, 6.45) is 1.48. The van der Waals surface area contributed by atoms with Crippen LogP contribution >= 0.6 is 11.8 Å². The van der Waals surface area contributed by atoms with Gasteiger partial charge >= 0.3 is 6.09 Å². The topological polar surface area (TPSA) is 68.1 Å². The molecule has 2 aromatic heterocycles. The highest BCUT2D eigenvalue weighted by molar-refractivity contribution is 7.99. The SMILES string of the molecule is CC(C)OC(=O)NCCSc1cccc2ncc(CN3CCOCC3)n12. The van der Waals surface area contributed by atoms with Gasteiger partial charge in [0.05, 0.1) is 36.2 Å². The Morgan fingerprint density at radius 2 is 2.19 bits per heavy atom. The van der Waals surface area contributed by atoms with Crippen molar-refractivity contribution in [1.82, 2.24) is 19.6 Å². The molecule has 1 aliphatic heterocycles. The van der Waals surface area contributed by atoms with E-state index in [1.54, 1.807) is 11.8 Å². The third-order valence-electron chi connectivity index (χ3n) is 4.02. The Kier molecular flexibility index (Phi) is 6.76. The largest absolute Gasteiger partial charge is 0.447 e. The van der Waals surface area contributed by atoms with Crippen LogP contribution in [0.4, 0.5) is 4.79 Å². The van der Waals surface area contributed by atoms with Gasteiger partial charge in [-0.2, -0.15) is 0 Å². The average Bonchev–Trinajstić information content (AvgIpc) is 3.03. The lowest BCUT2D eigenvalue weighted by molar-refractivity contribution is 0.0335. The smallest absolute Gasteiger partial charge is 0.407 e. The summed E-state index contributed by atoms with van der Waals surface area (Å²) in [6, 6.07) is 6.13. The minimum Gasteiger partial charge on any atom is -0.447 e. The first kappa shape index (κ1) is 19.0. The number of pyridine rings is 1. The van der Waals surface area contributed by atoms with E-state index in [0.29, 0.717) is 6.54 Å². The molecule has 0 saturated carbocycles. The molecule has 0 spiro atoms. The molecule has 0 bridgehead atoms. The quantitative estimate of drug-likeness (QED) is 0.589. The van der Waals surface area contributed by atoms with Crippen molar-refractivity contribution >= 4 is 23.5 Å². The van der Waals surface area contributed by atoms with Gasteiger partial charge in [-0.25, -0.2) is 9.78 Å². The van der Waals surface area contributed by atoms with Crippen LogP contribution in [0.3, 0.4) is 0 Å². The van der Waals surface area contributed by atoms with Crippen LogP contribution in [-0.2, 0) is 16.0 Å². The molecule has 1 N–H and O–H groups in total. The van der Waals surface area contributed by atoms with Gasteiger partial charge in [0, 0.05) is 31.9 Å². The zero-order valence-electron chi connectivity index (χ0n) is 15.3. The molecule has 26 heavy (non-hydrogen) atoms. The second-order valence-corrected chi connectivity index (χ2v) is 7.54. The number of carbonyl (C=O) groups excluding carboxylic acids is 1. The van der Waals surface area contributed by atoms with E-state index in [1.807, 2.05) is 32.2 Å². The number of ether oxygens (including phenoxy) is 2. The van der Waals surface area contributed by atoms with Gasteiger partial charge in [0.25, 0.3) is 0 Å². The summed E-state index contributed by atoms with van der Waals surface area (Å²) in [5, 5.41) is 3.90. The first-order valence-corrected chi connectivity index (χ1v) is 9.95. The van der Waals surface area contributed by atoms with Gasteiger partial charge in [-0.05, 0) is 26.0 Å². The second kappa shape index (κ2) is 9.25. The van der Waals surface area contributed by atoms with E-state index < -0.39 is 0 Å². The number of hydrogen-bond acceptors (Lipinski definition) is 6. The summed E-state index contributed by atoms with van der Waals surface area (Å²) in [6.45, 7) is 8.57. The third-order valence-corrected chi connectivity index (χ3v) is 5.04. The third kappa shape index (κ3) is 5.12. The van der Waals surface area contributed by atoms with E-state index in [1.165, 1.54) is 5.69 Å². The second-order valence-electron chi connectivity index (χ2n) is 6.42. The maximum absolute atomic E-state index is 11.5.